The quantitative estimate of drug-likeness (QED) is 0.797. The van der Waals surface area contributed by atoms with Gasteiger partial charge in [-0.05, 0) is 26.3 Å². The normalized spacial score (nSPS) is 11.1. The van der Waals surface area contributed by atoms with Crippen molar-refractivity contribution in [3.63, 3.8) is 0 Å². The molecule has 108 valence electrons. The molecule has 0 amide bonds. The fourth-order valence-corrected chi connectivity index (χ4v) is 2.44. The molecule has 0 fully saturated rings. The smallest absolute Gasteiger partial charge is 0.186 e. The van der Waals surface area contributed by atoms with E-state index in [0.29, 0.717) is 17.3 Å². The first-order chi connectivity index (χ1) is 9.47. The third-order valence-electron chi connectivity index (χ3n) is 3.36. The van der Waals surface area contributed by atoms with Gasteiger partial charge in [0.2, 0.25) is 0 Å². The van der Waals surface area contributed by atoms with Gasteiger partial charge < -0.3 is 0 Å². The Bertz CT molecular complexity index is 642. The number of rotatable bonds is 5. The number of ketones is 1. The Kier molecular flexibility index (Phi) is 4.28. The number of aromatic nitrogens is 4. The van der Waals surface area contributed by atoms with Gasteiger partial charge in [-0.15, -0.1) is 0 Å². The molecule has 6 heteroatoms. The predicted octanol–water partition coefficient (Wildman–Crippen LogP) is 2.59. The zero-order valence-electron chi connectivity index (χ0n) is 12.3. The van der Waals surface area contributed by atoms with E-state index in [2.05, 4.69) is 10.2 Å². The zero-order valence-corrected chi connectivity index (χ0v) is 13.0. The minimum atomic E-state index is 0.0104. The van der Waals surface area contributed by atoms with E-state index in [1.54, 1.807) is 16.4 Å². The molecule has 2 rings (SSSR count). The van der Waals surface area contributed by atoms with Gasteiger partial charge >= 0.3 is 0 Å². The minimum absolute atomic E-state index is 0.0104. The Labute approximate surface area is 123 Å². The Morgan fingerprint density at radius 2 is 2.05 bits per heavy atom. The van der Waals surface area contributed by atoms with Gasteiger partial charge in [0.25, 0.3) is 0 Å². The van der Waals surface area contributed by atoms with Crippen LogP contribution in [0.1, 0.15) is 41.4 Å². The van der Waals surface area contributed by atoms with Gasteiger partial charge in [0, 0.05) is 13.6 Å². The summed E-state index contributed by atoms with van der Waals surface area (Å²) < 4.78 is 3.42. The van der Waals surface area contributed by atoms with Crippen molar-refractivity contribution in [3.05, 3.63) is 33.9 Å². The first kappa shape index (κ1) is 14.8. The topological polar surface area (TPSA) is 52.7 Å². The summed E-state index contributed by atoms with van der Waals surface area (Å²) in [7, 11) is 1.79. The van der Waals surface area contributed by atoms with Crippen LogP contribution in [0, 0.1) is 6.92 Å². The number of nitrogens with zero attached hydrogens (tertiary/aromatic N) is 4. The van der Waals surface area contributed by atoms with Crippen molar-refractivity contribution in [3.8, 4) is 0 Å². The molecule has 0 saturated heterocycles. The van der Waals surface area contributed by atoms with Crippen LogP contribution in [-0.2, 0) is 26.4 Å². The van der Waals surface area contributed by atoms with Crippen LogP contribution in [0.15, 0.2) is 6.07 Å². The molecule has 2 aromatic rings. The molecule has 0 aliphatic rings. The van der Waals surface area contributed by atoms with Crippen molar-refractivity contribution in [2.24, 2.45) is 7.05 Å². The van der Waals surface area contributed by atoms with Crippen LogP contribution in [0.4, 0.5) is 0 Å². The third-order valence-corrected chi connectivity index (χ3v) is 3.85. The minimum Gasteiger partial charge on any atom is -0.292 e. The second-order valence-electron chi connectivity index (χ2n) is 4.76. The van der Waals surface area contributed by atoms with Gasteiger partial charge in [0.15, 0.2) is 5.78 Å². The Morgan fingerprint density at radius 3 is 2.60 bits per heavy atom. The number of carbonyl (C=O) groups excluding carboxylic acids is 1. The molecule has 2 aromatic heterocycles. The monoisotopic (exact) mass is 294 g/mol. The zero-order chi connectivity index (χ0) is 14.9. The average molecular weight is 295 g/mol. The summed E-state index contributed by atoms with van der Waals surface area (Å²) in [5, 5.41) is 9.21. The predicted molar refractivity (Wildman–Crippen MR) is 78.3 cm³/mol. The molecule has 0 saturated carbocycles. The Hall–Kier alpha value is -1.62. The number of aryl methyl sites for hydroxylation is 4. The standard InChI is InChI=1S/C14H19ClN4O/c1-5-10-7-11(18(4)17-10)13(20)8-12-14(15)9(3)16-19(12)6-2/h7H,5-6,8H2,1-4H3. The maximum atomic E-state index is 12.4. The fraction of sp³-hybridized carbons (Fsp3) is 0.500. The van der Waals surface area contributed by atoms with Gasteiger partial charge in [-0.1, -0.05) is 18.5 Å². The van der Waals surface area contributed by atoms with Crippen LogP contribution in [0.5, 0.6) is 0 Å². The molecule has 0 bridgehead atoms. The molecular formula is C14H19ClN4O. The summed E-state index contributed by atoms with van der Waals surface area (Å²) >= 11 is 6.24. The van der Waals surface area contributed by atoms with Crippen LogP contribution in [-0.4, -0.2) is 25.3 Å². The summed E-state index contributed by atoms with van der Waals surface area (Å²) in [6, 6.07) is 1.84. The molecule has 0 spiro atoms. The number of carbonyl (C=O) groups is 1. The van der Waals surface area contributed by atoms with Crippen LogP contribution in [0.3, 0.4) is 0 Å². The largest absolute Gasteiger partial charge is 0.292 e. The lowest BCUT2D eigenvalue weighted by Crippen LogP contribution is -2.13. The number of halogens is 1. The maximum Gasteiger partial charge on any atom is 0.186 e. The summed E-state index contributed by atoms with van der Waals surface area (Å²) in [6.45, 7) is 6.54. The Balaban J connectivity index is 2.30. The highest BCUT2D eigenvalue weighted by atomic mass is 35.5. The molecule has 0 atom stereocenters. The lowest BCUT2D eigenvalue weighted by atomic mass is 10.1. The fourth-order valence-electron chi connectivity index (χ4n) is 2.24. The van der Waals surface area contributed by atoms with Crippen molar-refractivity contribution in [2.75, 3.05) is 0 Å². The average Bonchev–Trinajstić information content (AvgIpc) is 2.93. The van der Waals surface area contributed by atoms with Crippen molar-refractivity contribution in [1.29, 1.82) is 0 Å². The second kappa shape index (κ2) is 5.79. The van der Waals surface area contributed by atoms with Crippen LogP contribution in [0.25, 0.3) is 0 Å². The van der Waals surface area contributed by atoms with Crippen molar-refractivity contribution < 1.29 is 4.79 Å². The third kappa shape index (κ3) is 2.63. The molecule has 5 nitrogen and oxygen atoms in total. The van der Waals surface area contributed by atoms with E-state index in [0.717, 1.165) is 23.5 Å². The molecule has 0 radical (unpaired) electrons. The number of hydrogen-bond donors (Lipinski definition) is 0. The summed E-state index contributed by atoms with van der Waals surface area (Å²) in [5.41, 5.74) is 3.06. The lowest BCUT2D eigenvalue weighted by molar-refractivity contribution is 0.0981. The molecule has 0 aliphatic heterocycles. The van der Waals surface area contributed by atoms with Crippen LogP contribution in [0.2, 0.25) is 5.02 Å². The van der Waals surface area contributed by atoms with E-state index >= 15 is 0 Å². The summed E-state index contributed by atoms with van der Waals surface area (Å²) in [4.78, 5) is 12.4. The van der Waals surface area contributed by atoms with Crippen molar-refractivity contribution in [2.45, 2.75) is 40.2 Å². The van der Waals surface area contributed by atoms with Gasteiger partial charge in [0.05, 0.1) is 28.5 Å². The molecule has 0 aromatic carbocycles. The number of Topliss-reactive ketones (excluding diaryl/α,β-unsaturated/α-hetero) is 1. The first-order valence-corrected chi connectivity index (χ1v) is 7.13. The van der Waals surface area contributed by atoms with E-state index in [1.165, 1.54) is 0 Å². The number of hydrogen-bond acceptors (Lipinski definition) is 3. The van der Waals surface area contributed by atoms with Crippen LogP contribution >= 0.6 is 11.6 Å². The van der Waals surface area contributed by atoms with Crippen molar-refractivity contribution >= 4 is 17.4 Å². The van der Waals surface area contributed by atoms with E-state index in [-0.39, 0.29) is 12.2 Å². The first-order valence-electron chi connectivity index (χ1n) is 6.75. The van der Waals surface area contributed by atoms with E-state index in [1.807, 2.05) is 26.8 Å². The maximum absolute atomic E-state index is 12.4. The highest BCUT2D eigenvalue weighted by Gasteiger charge is 2.19. The highest BCUT2D eigenvalue weighted by Crippen LogP contribution is 2.22. The van der Waals surface area contributed by atoms with E-state index < -0.39 is 0 Å². The SMILES string of the molecule is CCc1cc(C(=O)Cc2c(Cl)c(C)nn2CC)n(C)n1. The van der Waals surface area contributed by atoms with Crippen LogP contribution < -0.4 is 0 Å². The molecule has 20 heavy (non-hydrogen) atoms. The highest BCUT2D eigenvalue weighted by molar-refractivity contribution is 6.32. The molecule has 0 aliphatic carbocycles. The van der Waals surface area contributed by atoms with Crippen molar-refractivity contribution in [1.82, 2.24) is 19.6 Å². The van der Waals surface area contributed by atoms with Gasteiger partial charge in [-0.2, -0.15) is 10.2 Å². The molecule has 2 heterocycles. The van der Waals surface area contributed by atoms with E-state index in [4.69, 9.17) is 11.6 Å². The summed E-state index contributed by atoms with van der Waals surface area (Å²) in [6.07, 6.45) is 1.06. The Morgan fingerprint density at radius 1 is 1.35 bits per heavy atom. The van der Waals surface area contributed by atoms with Gasteiger partial charge in [-0.3, -0.25) is 14.2 Å². The molecule has 0 N–H and O–H groups in total. The molecular weight excluding hydrogens is 276 g/mol. The van der Waals surface area contributed by atoms with Gasteiger partial charge in [-0.25, -0.2) is 0 Å². The second-order valence-corrected chi connectivity index (χ2v) is 5.14. The summed E-state index contributed by atoms with van der Waals surface area (Å²) in [5.74, 6) is 0.0104. The van der Waals surface area contributed by atoms with E-state index in [9.17, 15) is 4.79 Å². The lowest BCUT2D eigenvalue weighted by Gasteiger charge is -2.05. The molecule has 0 unspecified atom stereocenters. The van der Waals surface area contributed by atoms with Gasteiger partial charge in [0.1, 0.15) is 5.69 Å².